The van der Waals surface area contributed by atoms with Crippen LogP contribution in [-0.4, -0.2) is 27.8 Å². The molecule has 1 N–H and O–H groups in total. The van der Waals surface area contributed by atoms with Crippen molar-refractivity contribution in [2.75, 3.05) is 12.4 Å². The molecule has 6 nitrogen and oxygen atoms in total. The summed E-state index contributed by atoms with van der Waals surface area (Å²) in [4.78, 5) is 31.1. The van der Waals surface area contributed by atoms with Crippen LogP contribution >= 0.6 is 11.8 Å². The Hall–Kier alpha value is -3.58. The van der Waals surface area contributed by atoms with Crippen molar-refractivity contribution in [1.29, 1.82) is 0 Å². The summed E-state index contributed by atoms with van der Waals surface area (Å²) in [6.45, 7) is 6.12. The summed E-state index contributed by atoms with van der Waals surface area (Å²) >= 11 is 1.28. The number of ether oxygens (including phenoxy) is 1. The molecule has 0 spiro atoms. The molecule has 1 amide bonds. The molecule has 0 radical (unpaired) electrons. The first-order valence-corrected chi connectivity index (χ1v) is 11.9. The molecule has 34 heavy (non-hydrogen) atoms. The van der Waals surface area contributed by atoms with E-state index in [4.69, 9.17) is 9.72 Å². The third-order valence-electron chi connectivity index (χ3n) is 5.63. The second-order valence-electron chi connectivity index (χ2n) is 8.22. The predicted molar refractivity (Wildman–Crippen MR) is 138 cm³/mol. The van der Waals surface area contributed by atoms with E-state index in [1.807, 2.05) is 81.4 Å². The molecule has 0 aliphatic rings. The van der Waals surface area contributed by atoms with Crippen molar-refractivity contribution in [1.82, 2.24) is 9.55 Å². The molecule has 1 heterocycles. The number of amides is 1. The lowest BCUT2D eigenvalue weighted by Gasteiger charge is -2.17. The second-order valence-corrected chi connectivity index (χ2v) is 9.53. The number of nitrogens with one attached hydrogen (secondary N) is 1. The molecule has 0 fully saturated rings. The third kappa shape index (κ3) is 5.15. The lowest BCUT2D eigenvalue weighted by Crippen LogP contribution is -2.27. The summed E-state index contributed by atoms with van der Waals surface area (Å²) in [6, 6.07) is 20.8. The van der Waals surface area contributed by atoms with Crippen molar-refractivity contribution >= 4 is 34.3 Å². The average molecular weight is 474 g/mol. The van der Waals surface area contributed by atoms with E-state index in [9.17, 15) is 9.59 Å². The number of anilines is 1. The molecule has 1 aromatic heterocycles. The Morgan fingerprint density at radius 3 is 2.56 bits per heavy atom. The van der Waals surface area contributed by atoms with Gasteiger partial charge in [0.1, 0.15) is 5.75 Å². The van der Waals surface area contributed by atoms with Crippen LogP contribution in [0.1, 0.15) is 23.6 Å². The van der Waals surface area contributed by atoms with Gasteiger partial charge >= 0.3 is 0 Å². The van der Waals surface area contributed by atoms with Gasteiger partial charge in [0.2, 0.25) is 5.91 Å². The van der Waals surface area contributed by atoms with Crippen LogP contribution in [0.15, 0.2) is 76.7 Å². The molecule has 4 aromatic rings. The van der Waals surface area contributed by atoms with Crippen LogP contribution in [0.5, 0.6) is 5.75 Å². The molecule has 0 aliphatic heterocycles. The first-order valence-electron chi connectivity index (χ1n) is 11.0. The fourth-order valence-electron chi connectivity index (χ4n) is 3.61. The van der Waals surface area contributed by atoms with Crippen molar-refractivity contribution in [3.05, 3.63) is 93.8 Å². The molecule has 174 valence electrons. The van der Waals surface area contributed by atoms with Crippen LogP contribution in [0, 0.1) is 13.8 Å². The summed E-state index contributed by atoms with van der Waals surface area (Å²) in [7, 11) is 1.62. The fraction of sp³-hybridized carbons (Fsp3) is 0.222. The van der Waals surface area contributed by atoms with Gasteiger partial charge in [-0.1, -0.05) is 48.2 Å². The number of benzene rings is 3. The Balaban J connectivity index is 1.66. The molecule has 3 aromatic carbocycles. The minimum absolute atomic E-state index is 0.133. The van der Waals surface area contributed by atoms with Crippen LogP contribution < -0.4 is 15.6 Å². The summed E-state index contributed by atoms with van der Waals surface area (Å²) < 4.78 is 6.87. The van der Waals surface area contributed by atoms with Gasteiger partial charge in [-0.15, -0.1) is 0 Å². The Morgan fingerprint density at radius 1 is 1.09 bits per heavy atom. The summed E-state index contributed by atoms with van der Waals surface area (Å²) in [5, 5.41) is 3.60. The highest BCUT2D eigenvalue weighted by Gasteiger charge is 2.20. The molecule has 4 rings (SSSR count). The first kappa shape index (κ1) is 23.6. The van der Waals surface area contributed by atoms with Crippen LogP contribution in [0.2, 0.25) is 0 Å². The van der Waals surface area contributed by atoms with E-state index in [0.717, 1.165) is 28.1 Å². The minimum atomic E-state index is -0.463. The number of hydrogen-bond donors (Lipinski definition) is 1. The Bertz CT molecular complexity index is 1400. The topological polar surface area (TPSA) is 73.2 Å². The lowest BCUT2D eigenvalue weighted by molar-refractivity contribution is -0.115. The number of methoxy groups -OCH3 is 1. The quantitative estimate of drug-likeness (QED) is 0.295. The van der Waals surface area contributed by atoms with Gasteiger partial charge in [-0.3, -0.25) is 14.2 Å². The first-order chi connectivity index (χ1) is 16.4. The van der Waals surface area contributed by atoms with Gasteiger partial charge in [0.25, 0.3) is 5.56 Å². The van der Waals surface area contributed by atoms with Gasteiger partial charge in [0.15, 0.2) is 5.16 Å². The van der Waals surface area contributed by atoms with Crippen molar-refractivity contribution in [2.45, 2.75) is 37.7 Å². The van der Waals surface area contributed by atoms with Crippen LogP contribution in [0.4, 0.5) is 5.69 Å². The standard InChI is InChI=1S/C27H27N3O3S/c1-17-9-10-18(2)24(15-17)28-25(31)19(3)34-27-29-23-8-6-5-7-22(23)26(32)30(27)16-20-11-13-21(33-4)14-12-20/h5-15,19H,16H2,1-4H3,(H,28,31). The molecule has 1 unspecified atom stereocenters. The zero-order valence-electron chi connectivity index (χ0n) is 19.7. The van der Waals surface area contributed by atoms with Crippen LogP contribution in [0.25, 0.3) is 10.9 Å². The number of carbonyl (C=O) groups is 1. The molecule has 0 bridgehead atoms. The maximum absolute atomic E-state index is 13.4. The number of carbonyl (C=O) groups excluding carboxylic acids is 1. The number of fused-ring (bicyclic) bond motifs is 1. The van der Waals surface area contributed by atoms with Crippen molar-refractivity contribution < 1.29 is 9.53 Å². The second kappa shape index (κ2) is 10.1. The normalized spacial score (nSPS) is 11.9. The van der Waals surface area contributed by atoms with Crippen molar-refractivity contribution in [2.24, 2.45) is 0 Å². The average Bonchev–Trinajstić information content (AvgIpc) is 2.84. The minimum Gasteiger partial charge on any atom is -0.497 e. The number of nitrogens with zero attached hydrogens (tertiary/aromatic N) is 2. The highest BCUT2D eigenvalue weighted by atomic mass is 32.2. The van der Waals surface area contributed by atoms with Crippen LogP contribution in [-0.2, 0) is 11.3 Å². The van der Waals surface area contributed by atoms with Crippen LogP contribution in [0.3, 0.4) is 0 Å². The Kier molecular flexibility index (Phi) is 7.03. The highest BCUT2D eigenvalue weighted by molar-refractivity contribution is 8.00. The fourth-order valence-corrected chi connectivity index (χ4v) is 4.52. The number of rotatable bonds is 7. The number of aryl methyl sites for hydroxylation is 2. The maximum atomic E-state index is 13.4. The van der Waals surface area contributed by atoms with E-state index >= 15 is 0 Å². The van der Waals surface area contributed by atoms with E-state index in [-0.39, 0.29) is 11.5 Å². The summed E-state index contributed by atoms with van der Waals surface area (Å²) in [6.07, 6.45) is 0. The van der Waals surface area contributed by atoms with Crippen molar-refractivity contribution in [3.63, 3.8) is 0 Å². The van der Waals surface area contributed by atoms with Gasteiger partial charge in [-0.2, -0.15) is 0 Å². The highest BCUT2D eigenvalue weighted by Crippen LogP contribution is 2.25. The van der Waals surface area contributed by atoms with E-state index in [0.29, 0.717) is 22.6 Å². The van der Waals surface area contributed by atoms with E-state index < -0.39 is 5.25 Å². The number of aromatic nitrogens is 2. The zero-order chi connectivity index (χ0) is 24.2. The molecular weight excluding hydrogens is 446 g/mol. The SMILES string of the molecule is COc1ccc(Cn2c(SC(C)C(=O)Nc3cc(C)ccc3C)nc3ccccc3c2=O)cc1. The monoisotopic (exact) mass is 473 g/mol. The molecule has 0 saturated carbocycles. The summed E-state index contributed by atoms with van der Waals surface area (Å²) in [5.74, 6) is 0.608. The Labute approximate surface area is 203 Å². The molecule has 1 atom stereocenters. The third-order valence-corrected chi connectivity index (χ3v) is 6.72. The van der Waals surface area contributed by atoms with E-state index in [1.165, 1.54) is 11.8 Å². The molecule has 0 saturated heterocycles. The predicted octanol–water partition coefficient (Wildman–Crippen LogP) is 5.19. The van der Waals surface area contributed by atoms with Gasteiger partial charge in [0, 0.05) is 5.69 Å². The number of para-hydroxylation sites is 1. The largest absolute Gasteiger partial charge is 0.497 e. The molecule has 7 heteroatoms. The lowest BCUT2D eigenvalue weighted by atomic mass is 10.1. The van der Waals surface area contributed by atoms with E-state index in [1.54, 1.807) is 17.7 Å². The molecular formula is C27H27N3O3S. The molecule has 0 aliphatic carbocycles. The van der Waals surface area contributed by atoms with Gasteiger partial charge in [0.05, 0.1) is 29.8 Å². The van der Waals surface area contributed by atoms with Gasteiger partial charge in [-0.05, 0) is 67.8 Å². The van der Waals surface area contributed by atoms with Crippen molar-refractivity contribution in [3.8, 4) is 5.75 Å². The number of hydrogen-bond acceptors (Lipinski definition) is 5. The van der Waals surface area contributed by atoms with Gasteiger partial charge < -0.3 is 10.1 Å². The van der Waals surface area contributed by atoms with E-state index in [2.05, 4.69) is 5.32 Å². The maximum Gasteiger partial charge on any atom is 0.262 e. The van der Waals surface area contributed by atoms with Gasteiger partial charge in [-0.25, -0.2) is 4.98 Å². The smallest absolute Gasteiger partial charge is 0.262 e. The Morgan fingerprint density at radius 2 is 1.82 bits per heavy atom. The number of thioether (sulfide) groups is 1. The summed E-state index contributed by atoms with van der Waals surface area (Å²) in [5.41, 5.74) is 4.28. The zero-order valence-corrected chi connectivity index (χ0v) is 20.5.